The summed E-state index contributed by atoms with van der Waals surface area (Å²) in [5, 5.41) is 4.16. The minimum Gasteiger partial charge on any atom is -0.497 e. The maximum absolute atomic E-state index is 13.5. The number of aryl methyl sites for hydroxylation is 1. The van der Waals surface area contributed by atoms with Crippen LogP contribution in [0.4, 0.5) is 5.69 Å². The van der Waals surface area contributed by atoms with E-state index in [9.17, 15) is 13.2 Å². The largest absolute Gasteiger partial charge is 0.497 e. The standard InChI is InChI=1S/C26H27N3O6S/c1-18-7-10-23(11-8-18)36(31,32)29(21-5-4-6-22(16-21)33-3)17-26(30)28-27-19(2)20-9-12-24-25(15-20)35-14-13-34-24/h4-12,15-16H,13-14,17H2,1-3H3,(H,28,30)/b27-19-. The van der Waals surface area contributed by atoms with E-state index in [1.807, 2.05) is 13.0 Å². The van der Waals surface area contributed by atoms with Crippen molar-refractivity contribution in [2.24, 2.45) is 5.10 Å². The van der Waals surface area contributed by atoms with Crippen LogP contribution in [0.2, 0.25) is 0 Å². The minimum atomic E-state index is -4.05. The molecule has 0 saturated carbocycles. The highest BCUT2D eigenvalue weighted by Gasteiger charge is 2.27. The molecule has 0 spiro atoms. The van der Waals surface area contributed by atoms with Crippen LogP contribution in [0.25, 0.3) is 0 Å². The van der Waals surface area contributed by atoms with E-state index < -0.39 is 22.5 Å². The van der Waals surface area contributed by atoms with Crippen molar-refractivity contribution in [3.63, 3.8) is 0 Å². The molecule has 10 heteroatoms. The van der Waals surface area contributed by atoms with Crippen LogP contribution in [-0.4, -0.2) is 46.9 Å². The SMILES string of the molecule is COc1cccc(N(CC(=O)N/N=C(/C)c2ccc3c(c2)OCCO3)S(=O)(=O)c2ccc(C)cc2)c1. The zero-order valence-electron chi connectivity index (χ0n) is 20.2. The van der Waals surface area contributed by atoms with Gasteiger partial charge in [0.1, 0.15) is 25.5 Å². The van der Waals surface area contributed by atoms with Gasteiger partial charge >= 0.3 is 0 Å². The first-order valence-electron chi connectivity index (χ1n) is 11.2. The molecule has 1 aliphatic heterocycles. The summed E-state index contributed by atoms with van der Waals surface area (Å²) >= 11 is 0. The molecule has 0 radical (unpaired) electrons. The third kappa shape index (κ3) is 5.60. The van der Waals surface area contributed by atoms with Gasteiger partial charge in [0.25, 0.3) is 15.9 Å². The first kappa shape index (κ1) is 25.1. The molecule has 1 amide bonds. The average Bonchev–Trinajstić information content (AvgIpc) is 2.90. The second kappa shape index (κ2) is 10.7. The second-order valence-electron chi connectivity index (χ2n) is 8.12. The molecule has 0 atom stereocenters. The number of nitrogens with one attached hydrogen (secondary N) is 1. The van der Waals surface area contributed by atoms with Crippen LogP contribution in [0.5, 0.6) is 17.2 Å². The summed E-state index contributed by atoms with van der Waals surface area (Å²) in [6.45, 7) is 4.06. The number of carbonyl (C=O) groups excluding carboxylic acids is 1. The van der Waals surface area contributed by atoms with Crippen LogP contribution in [0.1, 0.15) is 18.1 Å². The van der Waals surface area contributed by atoms with Crippen LogP contribution in [-0.2, 0) is 14.8 Å². The summed E-state index contributed by atoms with van der Waals surface area (Å²) in [6, 6.07) is 18.3. The highest BCUT2D eigenvalue weighted by Crippen LogP contribution is 2.31. The van der Waals surface area contributed by atoms with E-state index in [0.29, 0.717) is 36.2 Å². The van der Waals surface area contributed by atoms with E-state index in [2.05, 4.69) is 10.5 Å². The summed E-state index contributed by atoms with van der Waals surface area (Å²) < 4.78 is 44.4. The molecular weight excluding hydrogens is 482 g/mol. The summed E-state index contributed by atoms with van der Waals surface area (Å²) in [7, 11) is -2.57. The lowest BCUT2D eigenvalue weighted by atomic mass is 10.1. The lowest BCUT2D eigenvalue weighted by Gasteiger charge is -2.24. The van der Waals surface area contributed by atoms with Crippen LogP contribution in [0, 0.1) is 6.92 Å². The van der Waals surface area contributed by atoms with Crippen molar-refractivity contribution < 1.29 is 27.4 Å². The minimum absolute atomic E-state index is 0.0691. The van der Waals surface area contributed by atoms with Crippen molar-refractivity contribution in [3.05, 3.63) is 77.9 Å². The smallest absolute Gasteiger partial charge is 0.264 e. The Morgan fingerprint density at radius 2 is 1.75 bits per heavy atom. The fourth-order valence-corrected chi connectivity index (χ4v) is 4.98. The topological polar surface area (TPSA) is 107 Å². The molecule has 0 unspecified atom stereocenters. The number of ether oxygens (including phenoxy) is 3. The molecule has 0 saturated heterocycles. The summed E-state index contributed by atoms with van der Waals surface area (Å²) in [5.41, 5.74) is 4.93. The van der Waals surface area contributed by atoms with Crippen LogP contribution in [0.15, 0.2) is 76.7 Å². The second-order valence-corrected chi connectivity index (χ2v) is 9.98. The Balaban J connectivity index is 1.57. The van der Waals surface area contributed by atoms with Gasteiger partial charge in [-0.15, -0.1) is 0 Å². The number of nitrogens with zero attached hydrogens (tertiary/aromatic N) is 2. The molecule has 1 heterocycles. The highest BCUT2D eigenvalue weighted by molar-refractivity contribution is 7.92. The Labute approximate surface area is 210 Å². The van der Waals surface area contributed by atoms with Crippen molar-refractivity contribution in [2.75, 3.05) is 31.2 Å². The fourth-order valence-electron chi connectivity index (χ4n) is 3.56. The molecule has 0 aromatic heterocycles. The zero-order chi connectivity index (χ0) is 25.7. The summed E-state index contributed by atoms with van der Waals surface area (Å²) in [6.07, 6.45) is 0. The van der Waals surface area contributed by atoms with E-state index in [-0.39, 0.29) is 10.6 Å². The van der Waals surface area contributed by atoms with Gasteiger partial charge in [-0.3, -0.25) is 9.10 Å². The third-order valence-corrected chi connectivity index (χ3v) is 7.33. The van der Waals surface area contributed by atoms with Gasteiger partial charge in [0.05, 0.1) is 23.4 Å². The predicted octanol–water partition coefficient (Wildman–Crippen LogP) is 3.51. The molecule has 4 rings (SSSR count). The number of amides is 1. The first-order valence-corrected chi connectivity index (χ1v) is 12.7. The van der Waals surface area contributed by atoms with Gasteiger partial charge < -0.3 is 14.2 Å². The molecule has 9 nitrogen and oxygen atoms in total. The number of carbonyl (C=O) groups is 1. The number of hydrogen-bond acceptors (Lipinski definition) is 7. The van der Waals surface area contributed by atoms with Crippen molar-refractivity contribution in [1.29, 1.82) is 0 Å². The molecule has 1 aliphatic rings. The quantitative estimate of drug-likeness (QED) is 0.368. The lowest BCUT2D eigenvalue weighted by Crippen LogP contribution is -2.39. The molecule has 1 N–H and O–H groups in total. The zero-order valence-corrected chi connectivity index (χ0v) is 21.0. The molecule has 0 bridgehead atoms. The van der Waals surface area contributed by atoms with Gasteiger partial charge in [0.2, 0.25) is 0 Å². The number of methoxy groups -OCH3 is 1. The van der Waals surface area contributed by atoms with Gasteiger partial charge in [-0.1, -0.05) is 23.8 Å². The number of sulfonamides is 1. The predicted molar refractivity (Wildman–Crippen MR) is 136 cm³/mol. The normalized spacial score (nSPS) is 13.1. The average molecular weight is 510 g/mol. The summed E-state index contributed by atoms with van der Waals surface area (Å²) in [4.78, 5) is 13.0. The Morgan fingerprint density at radius 3 is 2.47 bits per heavy atom. The molecule has 188 valence electrons. The van der Waals surface area contributed by atoms with Crippen molar-refractivity contribution >= 4 is 27.3 Å². The van der Waals surface area contributed by atoms with Gasteiger partial charge in [-0.25, -0.2) is 13.8 Å². The van der Waals surface area contributed by atoms with Crippen LogP contribution in [0.3, 0.4) is 0 Å². The van der Waals surface area contributed by atoms with Crippen molar-refractivity contribution in [2.45, 2.75) is 18.7 Å². The maximum Gasteiger partial charge on any atom is 0.264 e. The number of benzene rings is 3. The fraction of sp³-hybridized carbons (Fsp3) is 0.231. The van der Waals surface area contributed by atoms with Crippen LogP contribution < -0.4 is 23.9 Å². The van der Waals surface area contributed by atoms with Crippen LogP contribution >= 0.6 is 0 Å². The number of fused-ring (bicyclic) bond motifs is 1. The molecule has 0 fully saturated rings. The van der Waals surface area contributed by atoms with Gasteiger partial charge in [0, 0.05) is 11.6 Å². The molecule has 3 aromatic carbocycles. The lowest BCUT2D eigenvalue weighted by molar-refractivity contribution is -0.119. The number of anilines is 1. The number of hydrogen-bond donors (Lipinski definition) is 1. The number of hydrazone groups is 1. The molecular formula is C26H27N3O6S. The Morgan fingerprint density at radius 1 is 1.03 bits per heavy atom. The third-order valence-electron chi connectivity index (χ3n) is 5.55. The highest BCUT2D eigenvalue weighted by atomic mass is 32.2. The summed E-state index contributed by atoms with van der Waals surface area (Å²) in [5.74, 6) is 1.11. The van der Waals surface area contributed by atoms with E-state index in [4.69, 9.17) is 14.2 Å². The molecule has 36 heavy (non-hydrogen) atoms. The molecule has 3 aromatic rings. The number of rotatable bonds is 8. The Bertz CT molecular complexity index is 1390. The van der Waals surface area contributed by atoms with E-state index in [1.54, 1.807) is 55.5 Å². The molecule has 0 aliphatic carbocycles. The van der Waals surface area contributed by atoms with E-state index >= 15 is 0 Å². The van der Waals surface area contributed by atoms with E-state index in [0.717, 1.165) is 15.4 Å². The Hall–Kier alpha value is -4.05. The maximum atomic E-state index is 13.5. The monoisotopic (exact) mass is 509 g/mol. The van der Waals surface area contributed by atoms with Gasteiger partial charge in [0.15, 0.2) is 11.5 Å². The van der Waals surface area contributed by atoms with Gasteiger partial charge in [-0.05, 0) is 56.3 Å². The van der Waals surface area contributed by atoms with Crippen molar-refractivity contribution in [1.82, 2.24) is 5.43 Å². The Kier molecular flexibility index (Phi) is 7.44. The van der Waals surface area contributed by atoms with Gasteiger partial charge in [-0.2, -0.15) is 5.10 Å². The van der Waals surface area contributed by atoms with Crippen molar-refractivity contribution in [3.8, 4) is 17.2 Å². The van der Waals surface area contributed by atoms with E-state index in [1.165, 1.54) is 19.2 Å². The first-order chi connectivity index (χ1) is 17.3.